The summed E-state index contributed by atoms with van der Waals surface area (Å²) in [6.07, 6.45) is 7.47. The minimum Gasteiger partial charge on any atom is -0.390 e. The second kappa shape index (κ2) is 6.11. The Morgan fingerprint density at radius 2 is 2.38 bits per heavy atom. The summed E-state index contributed by atoms with van der Waals surface area (Å²) in [6, 6.07) is 0. The molecule has 0 aromatic carbocycles. The van der Waals surface area contributed by atoms with Crippen LogP contribution in [0.25, 0.3) is 0 Å². The van der Waals surface area contributed by atoms with Crippen LogP contribution in [0.2, 0.25) is 0 Å². The molecule has 2 aliphatic carbocycles. The third-order valence-electron chi connectivity index (χ3n) is 4.90. The molecule has 116 valence electrons. The number of fused-ring (bicyclic) bond motifs is 2. The Morgan fingerprint density at radius 3 is 3.00 bits per heavy atom. The van der Waals surface area contributed by atoms with Crippen molar-refractivity contribution >= 4 is 5.69 Å². The van der Waals surface area contributed by atoms with E-state index in [9.17, 15) is 15.2 Å². The number of nitrogens with one attached hydrogen (secondary N) is 1. The van der Waals surface area contributed by atoms with E-state index in [4.69, 9.17) is 0 Å². The summed E-state index contributed by atoms with van der Waals surface area (Å²) < 4.78 is 1.42. The van der Waals surface area contributed by atoms with E-state index in [0.29, 0.717) is 6.54 Å². The molecule has 1 aromatic heterocycles. The van der Waals surface area contributed by atoms with Crippen molar-refractivity contribution in [2.45, 2.75) is 38.3 Å². The molecule has 2 fully saturated rings. The van der Waals surface area contributed by atoms with E-state index in [1.165, 1.54) is 42.8 Å². The highest BCUT2D eigenvalue weighted by atomic mass is 16.6. The Kier molecular flexibility index (Phi) is 4.21. The van der Waals surface area contributed by atoms with Crippen LogP contribution in [-0.4, -0.2) is 39.0 Å². The fourth-order valence-corrected chi connectivity index (χ4v) is 3.89. The normalized spacial score (nSPS) is 28.9. The molecule has 0 saturated heterocycles. The zero-order valence-corrected chi connectivity index (χ0v) is 12.0. The van der Waals surface area contributed by atoms with E-state index < -0.39 is 11.0 Å². The van der Waals surface area contributed by atoms with E-state index in [1.807, 2.05) is 0 Å². The van der Waals surface area contributed by atoms with Gasteiger partial charge in [0.2, 0.25) is 0 Å². The van der Waals surface area contributed by atoms with Crippen LogP contribution < -0.4 is 5.32 Å². The minimum absolute atomic E-state index is 0.0443. The monoisotopic (exact) mass is 294 g/mol. The molecular formula is C14H22N4O3. The van der Waals surface area contributed by atoms with Gasteiger partial charge in [-0.1, -0.05) is 6.42 Å². The Morgan fingerprint density at radius 1 is 1.52 bits per heavy atom. The first-order valence-corrected chi connectivity index (χ1v) is 7.67. The number of nitrogens with zero attached hydrogens (tertiary/aromatic N) is 3. The van der Waals surface area contributed by atoms with Crippen LogP contribution in [0.5, 0.6) is 0 Å². The minimum atomic E-state index is -0.580. The van der Waals surface area contributed by atoms with Gasteiger partial charge in [0.05, 0.1) is 17.6 Å². The molecule has 1 aromatic rings. The molecule has 4 unspecified atom stereocenters. The van der Waals surface area contributed by atoms with Crippen molar-refractivity contribution in [2.75, 3.05) is 13.1 Å². The standard InChI is InChI=1S/C14H22N4O3/c19-14(9-17-8-13(6-16-17)18(20)21)7-15-5-12-4-10-1-2-11(12)3-10/h6,8,10-12,14-15,19H,1-5,7,9H2. The molecule has 21 heavy (non-hydrogen) atoms. The summed E-state index contributed by atoms with van der Waals surface area (Å²) >= 11 is 0. The fourth-order valence-electron chi connectivity index (χ4n) is 3.89. The van der Waals surface area contributed by atoms with Gasteiger partial charge in [-0.15, -0.1) is 0 Å². The number of nitro groups is 1. The van der Waals surface area contributed by atoms with Crippen LogP contribution in [0.15, 0.2) is 12.4 Å². The number of hydrogen-bond acceptors (Lipinski definition) is 5. The summed E-state index contributed by atoms with van der Waals surface area (Å²) in [4.78, 5) is 10.1. The quantitative estimate of drug-likeness (QED) is 0.582. The van der Waals surface area contributed by atoms with Gasteiger partial charge in [0, 0.05) is 6.54 Å². The summed E-state index contributed by atoms with van der Waals surface area (Å²) in [5.41, 5.74) is -0.0443. The lowest BCUT2D eigenvalue weighted by molar-refractivity contribution is -0.385. The molecule has 0 radical (unpaired) electrons. The molecule has 2 N–H and O–H groups in total. The highest BCUT2D eigenvalue weighted by Gasteiger charge is 2.38. The van der Waals surface area contributed by atoms with Crippen molar-refractivity contribution in [3.8, 4) is 0 Å². The lowest BCUT2D eigenvalue weighted by Gasteiger charge is -2.22. The van der Waals surface area contributed by atoms with E-state index in [2.05, 4.69) is 10.4 Å². The molecule has 2 aliphatic rings. The molecule has 0 amide bonds. The number of rotatable bonds is 7. The Hall–Kier alpha value is -1.47. The first-order valence-electron chi connectivity index (χ1n) is 7.67. The predicted octanol–water partition coefficient (Wildman–Crippen LogP) is 1.18. The second-order valence-corrected chi connectivity index (χ2v) is 6.42. The summed E-state index contributed by atoms with van der Waals surface area (Å²) in [5, 5.41) is 27.7. The van der Waals surface area contributed by atoms with Crippen molar-refractivity contribution in [1.29, 1.82) is 0 Å². The summed E-state index contributed by atoms with van der Waals surface area (Å²) in [6.45, 7) is 1.75. The SMILES string of the molecule is O=[N+]([O-])c1cnn(CC(O)CNCC2CC3CCC2C3)c1. The lowest BCUT2D eigenvalue weighted by Crippen LogP contribution is -2.34. The van der Waals surface area contributed by atoms with Crippen molar-refractivity contribution in [3.05, 3.63) is 22.5 Å². The van der Waals surface area contributed by atoms with Crippen molar-refractivity contribution in [2.24, 2.45) is 17.8 Å². The first kappa shape index (κ1) is 14.5. The topological polar surface area (TPSA) is 93.2 Å². The third kappa shape index (κ3) is 3.41. The van der Waals surface area contributed by atoms with Crippen molar-refractivity contribution < 1.29 is 10.0 Å². The van der Waals surface area contributed by atoms with Gasteiger partial charge in [-0.25, -0.2) is 0 Å². The van der Waals surface area contributed by atoms with Gasteiger partial charge in [0.1, 0.15) is 12.4 Å². The second-order valence-electron chi connectivity index (χ2n) is 6.42. The highest BCUT2D eigenvalue weighted by Crippen LogP contribution is 2.47. The van der Waals surface area contributed by atoms with Gasteiger partial charge >= 0.3 is 5.69 Å². The third-order valence-corrected chi connectivity index (χ3v) is 4.90. The highest BCUT2D eigenvalue weighted by molar-refractivity contribution is 5.20. The summed E-state index contributed by atoms with van der Waals surface area (Å²) in [5.74, 6) is 2.59. The van der Waals surface area contributed by atoms with Crippen LogP contribution in [0, 0.1) is 27.9 Å². The van der Waals surface area contributed by atoms with Gasteiger partial charge in [-0.05, 0) is 43.6 Å². The van der Waals surface area contributed by atoms with Gasteiger partial charge in [-0.3, -0.25) is 14.8 Å². The maximum atomic E-state index is 10.6. The van der Waals surface area contributed by atoms with E-state index in [1.54, 1.807) is 0 Å². The molecule has 0 aliphatic heterocycles. The van der Waals surface area contributed by atoms with Crippen LogP contribution in [0.3, 0.4) is 0 Å². The largest absolute Gasteiger partial charge is 0.390 e. The van der Waals surface area contributed by atoms with Crippen LogP contribution in [0.4, 0.5) is 5.69 Å². The van der Waals surface area contributed by atoms with Gasteiger partial charge in [0.15, 0.2) is 0 Å². The maximum Gasteiger partial charge on any atom is 0.306 e. The zero-order valence-electron chi connectivity index (χ0n) is 12.0. The Bertz CT molecular complexity index is 504. The van der Waals surface area contributed by atoms with Gasteiger partial charge in [0.25, 0.3) is 0 Å². The Labute approximate surface area is 123 Å². The molecule has 4 atom stereocenters. The first-order chi connectivity index (χ1) is 10.1. The molecule has 3 rings (SSSR count). The molecule has 1 heterocycles. The van der Waals surface area contributed by atoms with Gasteiger partial charge in [-0.2, -0.15) is 5.10 Å². The molecule has 7 nitrogen and oxygen atoms in total. The van der Waals surface area contributed by atoms with Crippen molar-refractivity contribution in [3.63, 3.8) is 0 Å². The van der Waals surface area contributed by atoms with Crippen LogP contribution >= 0.6 is 0 Å². The fraction of sp³-hybridized carbons (Fsp3) is 0.786. The van der Waals surface area contributed by atoms with Crippen LogP contribution in [0.1, 0.15) is 25.7 Å². The average molecular weight is 294 g/mol. The molecule has 7 heteroatoms. The zero-order chi connectivity index (χ0) is 14.8. The van der Waals surface area contributed by atoms with E-state index in [0.717, 1.165) is 24.3 Å². The molecule has 0 spiro atoms. The maximum absolute atomic E-state index is 10.6. The van der Waals surface area contributed by atoms with Gasteiger partial charge < -0.3 is 10.4 Å². The number of aliphatic hydroxyl groups is 1. The smallest absolute Gasteiger partial charge is 0.306 e. The van der Waals surface area contributed by atoms with E-state index >= 15 is 0 Å². The average Bonchev–Trinajstić information content (AvgIpc) is 3.14. The lowest BCUT2D eigenvalue weighted by atomic mass is 9.89. The number of aromatic nitrogens is 2. The van der Waals surface area contributed by atoms with Crippen LogP contribution in [-0.2, 0) is 6.54 Å². The Balaban J connectivity index is 1.38. The van der Waals surface area contributed by atoms with E-state index in [-0.39, 0.29) is 12.2 Å². The molecule has 2 bridgehead atoms. The molecular weight excluding hydrogens is 272 g/mol. The number of hydrogen-bond donors (Lipinski definition) is 2. The summed E-state index contributed by atoms with van der Waals surface area (Å²) in [7, 11) is 0. The molecule has 2 saturated carbocycles. The van der Waals surface area contributed by atoms with Crippen molar-refractivity contribution in [1.82, 2.24) is 15.1 Å². The number of aliphatic hydroxyl groups excluding tert-OH is 1. The predicted molar refractivity (Wildman–Crippen MR) is 76.7 cm³/mol.